The molecular formula is C7H17NO2. The van der Waals surface area contributed by atoms with E-state index in [2.05, 4.69) is 0 Å². The molecule has 62 valence electrons. The average molecular weight is 147 g/mol. The second-order valence-corrected chi connectivity index (χ2v) is 2.45. The Bertz CT molecular complexity index is 76.0. The molecule has 0 spiro atoms. The van der Waals surface area contributed by atoms with E-state index < -0.39 is 0 Å². The van der Waals surface area contributed by atoms with Crippen LogP contribution in [0, 0.1) is 0 Å². The molecule has 3 N–H and O–H groups in total. The van der Waals surface area contributed by atoms with Crippen molar-refractivity contribution in [1.82, 2.24) is 0 Å². The number of hydrogen-bond donors (Lipinski definition) is 2. The molecule has 0 rings (SSSR count). The third kappa shape index (κ3) is 3.82. The third-order valence-electron chi connectivity index (χ3n) is 1.30. The lowest BCUT2D eigenvalue weighted by molar-refractivity contribution is 0.00149. The summed E-state index contributed by atoms with van der Waals surface area (Å²) in [5, 5.41) is 8.72. The highest BCUT2D eigenvalue weighted by molar-refractivity contribution is 4.66. The van der Waals surface area contributed by atoms with Crippen molar-refractivity contribution in [1.29, 1.82) is 0 Å². The molecule has 2 atom stereocenters. The lowest BCUT2D eigenvalue weighted by Gasteiger charge is -2.18. The van der Waals surface area contributed by atoms with Gasteiger partial charge in [0.2, 0.25) is 0 Å². The Balaban J connectivity index is 3.40. The molecule has 0 radical (unpaired) electrons. The van der Waals surface area contributed by atoms with E-state index in [9.17, 15) is 0 Å². The molecule has 0 aromatic heterocycles. The highest BCUT2D eigenvalue weighted by atomic mass is 16.5. The molecule has 0 aliphatic rings. The zero-order valence-corrected chi connectivity index (χ0v) is 6.71. The first-order valence-corrected chi connectivity index (χ1v) is 3.70. The molecule has 10 heavy (non-hydrogen) atoms. The summed E-state index contributed by atoms with van der Waals surface area (Å²) in [4.78, 5) is 0. The maximum absolute atomic E-state index is 8.72. The Kier molecular flexibility index (Phi) is 5.58. The minimum absolute atomic E-state index is 0.0116. The van der Waals surface area contributed by atoms with Crippen LogP contribution >= 0.6 is 0 Å². The summed E-state index contributed by atoms with van der Waals surface area (Å²) in [7, 11) is 0. The number of ether oxygens (including phenoxy) is 1. The van der Waals surface area contributed by atoms with Crippen molar-refractivity contribution in [2.24, 2.45) is 5.73 Å². The van der Waals surface area contributed by atoms with Crippen LogP contribution in [0.3, 0.4) is 0 Å². The van der Waals surface area contributed by atoms with Gasteiger partial charge in [0.25, 0.3) is 0 Å². The first-order valence-electron chi connectivity index (χ1n) is 3.70. The van der Waals surface area contributed by atoms with Crippen molar-refractivity contribution in [3.05, 3.63) is 0 Å². The van der Waals surface area contributed by atoms with Crippen LogP contribution in [0.4, 0.5) is 0 Å². The molecule has 0 saturated carbocycles. The number of rotatable bonds is 5. The van der Waals surface area contributed by atoms with Crippen molar-refractivity contribution in [2.75, 3.05) is 13.2 Å². The molecule has 0 saturated heterocycles. The quantitative estimate of drug-likeness (QED) is 0.580. The van der Waals surface area contributed by atoms with E-state index in [0.29, 0.717) is 6.61 Å². The van der Waals surface area contributed by atoms with Gasteiger partial charge in [0.15, 0.2) is 0 Å². The lowest BCUT2D eigenvalue weighted by Crippen LogP contribution is -2.37. The van der Waals surface area contributed by atoms with Gasteiger partial charge in [-0.3, -0.25) is 0 Å². The molecule has 0 aromatic rings. The Morgan fingerprint density at radius 1 is 1.60 bits per heavy atom. The van der Waals surface area contributed by atoms with Crippen LogP contribution in [-0.4, -0.2) is 30.5 Å². The van der Waals surface area contributed by atoms with Crippen molar-refractivity contribution >= 4 is 0 Å². The van der Waals surface area contributed by atoms with Gasteiger partial charge in [0.1, 0.15) is 0 Å². The fourth-order valence-electron chi connectivity index (χ4n) is 0.640. The van der Waals surface area contributed by atoms with Crippen molar-refractivity contribution in [3.8, 4) is 0 Å². The Labute approximate surface area is 62.2 Å². The smallest absolute Gasteiger partial charge is 0.0953 e. The minimum atomic E-state index is -0.194. The summed E-state index contributed by atoms with van der Waals surface area (Å²) in [6.45, 7) is 4.54. The minimum Gasteiger partial charge on any atom is -0.394 e. The largest absolute Gasteiger partial charge is 0.394 e. The van der Waals surface area contributed by atoms with Crippen molar-refractivity contribution in [3.63, 3.8) is 0 Å². The normalized spacial score (nSPS) is 16.8. The first kappa shape index (κ1) is 9.88. The van der Waals surface area contributed by atoms with Crippen LogP contribution in [0.25, 0.3) is 0 Å². The molecule has 0 aromatic carbocycles. The number of aliphatic hydroxyl groups excluding tert-OH is 1. The summed E-state index contributed by atoms with van der Waals surface area (Å²) in [5.41, 5.74) is 5.50. The van der Waals surface area contributed by atoms with Gasteiger partial charge in [0, 0.05) is 12.6 Å². The van der Waals surface area contributed by atoms with Crippen molar-refractivity contribution < 1.29 is 9.84 Å². The summed E-state index contributed by atoms with van der Waals surface area (Å²) in [6, 6.07) is -0.0865. The summed E-state index contributed by atoms with van der Waals surface area (Å²) < 4.78 is 5.23. The van der Waals surface area contributed by atoms with Crippen LogP contribution in [0.2, 0.25) is 0 Å². The maximum atomic E-state index is 8.72. The monoisotopic (exact) mass is 147 g/mol. The summed E-state index contributed by atoms with van der Waals surface area (Å²) in [6.07, 6.45) is 0.767. The van der Waals surface area contributed by atoms with E-state index >= 15 is 0 Å². The zero-order valence-electron chi connectivity index (χ0n) is 6.71. The SMILES string of the molecule is CCCOC(CO)C(C)N. The third-order valence-corrected chi connectivity index (χ3v) is 1.30. The van der Waals surface area contributed by atoms with E-state index in [1.807, 2.05) is 13.8 Å². The van der Waals surface area contributed by atoms with Crippen LogP contribution in [0.1, 0.15) is 20.3 Å². The van der Waals surface area contributed by atoms with Gasteiger partial charge in [-0.1, -0.05) is 6.92 Å². The predicted octanol–water partition coefficient (Wildman–Crippen LogP) is 0.121. The molecule has 0 amide bonds. The fraction of sp³-hybridized carbons (Fsp3) is 1.00. The molecule has 3 nitrogen and oxygen atoms in total. The van der Waals surface area contributed by atoms with Crippen molar-refractivity contribution in [2.45, 2.75) is 32.4 Å². The molecule has 0 bridgehead atoms. The van der Waals surface area contributed by atoms with E-state index in [1.54, 1.807) is 0 Å². The lowest BCUT2D eigenvalue weighted by atomic mass is 10.2. The van der Waals surface area contributed by atoms with Crippen LogP contribution in [0.5, 0.6) is 0 Å². The highest BCUT2D eigenvalue weighted by Crippen LogP contribution is 1.96. The van der Waals surface area contributed by atoms with E-state index in [4.69, 9.17) is 15.6 Å². The topological polar surface area (TPSA) is 55.5 Å². The number of hydrogen-bond acceptors (Lipinski definition) is 3. The second-order valence-electron chi connectivity index (χ2n) is 2.45. The standard InChI is InChI=1S/C7H17NO2/c1-3-4-10-7(5-9)6(2)8/h6-7,9H,3-5,8H2,1-2H3. The summed E-state index contributed by atoms with van der Waals surface area (Å²) in [5.74, 6) is 0. The Morgan fingerprint density at radius 3 is 2.50 bits per heavy atom. The molecule has 0 aliphatic heterocycles. The van der Waals surface area contributed by atoms with Crippen LogP contribution in [0.15, 0.2) is 0 Å². The number of aliphatic hydroxyl groups is 1. The van der Waals surface area contributed by atoms with E-state index in [1.165, 1.54) is 0 Å². The molecule has 0 aliphatic carbocycles. The first-order chi connectivity index (χ1) is 4.72. The van der Waals surface area contributed by atoms with Gasteiger partial charge in [-0.15, -0.1) is 0 Å². The molecule has 2 unspecified atom stereocenters. The Hall–Kier alpha value is -0.120. The maximum Gasteiger partial charge on any atom is 0.0953 e. The molecule has 0 heterocycles. The number of nitrogens with two attached hydrogens (primary N) is 1. The molecule has 0 fully saturated rings. The fourth-order valence-corrected chi connectivity index (χ4v) is 0.640. The summed E-state index contributed by atoms with van der Waals surface area (Å²) >= 11 is 0. The van der Waals surface area contributed by atoms with Crippen LogP contribution < -0.4 is 5.73 Å². The van der Waals surface area contributed by atoms with Gasteiger partial charge in [0.05, 0.1) is 12.7 Å². The van der Waals surface area contributed by atoms with E-state index in [-0.39, 0.29) is 18.8 Å². The predicted molar refractivity (Wildman–Crippen MR) is 40.8 cm³/mol. The van der Waals surface area contributed by atoms with Gasteiger partial charge in [-0.05, 0) is 13.3 Å². The second kappa shape index (κ2) is 5.65. The zero-order chi connectivity index (χ0) is 7.98. The van der Waals surface area contributed by atoms with E-state index in [0.717, 1.165) is 6.42 Å². The Morgan fingerprint density at radius 2 is 2.20 bits per heavy atom. The van der Waals surface area contributed by atoms with Gasteiger partial charge >= 0.3 is 0 Å². The average Bonchev–Trinajstić information content (AvgIpc) is 1.89. The van der Waals surface area contributed by atoms with Gasteiger partial charge in [-0.25, -0.2) is 0 Å². The molecule has 3 heteroatoms. The highest BCUT2D eigenvalue weighted by Gasteiger charge is 2.11. The van der Waals surface area contributed by atoms with Gasteiger partial charge < -0.3 is 15.6 Å². The van der Waals surface area contributed by atoms with Gasteiger partial charge in [-0.2, -0.15) is 0 Å². The molecular weight excluding hydrogens is 130 g/mol. The van der Waals surface area contributed by atoms with Crippen LogP contribution in [-0.2, 0) is 4.74 Å².